The highest BCUT2D eigenvalue weighted by Gasteiger charge is 2.08. The molecule has 0 aliphatic carbocycles. The molecule has 2 aromatic heterocycles. The van der Waals surface area contributed by atoms with Crippen molar-refractivity contribution in [2.45, 2.75) is 39.8 Å². The Bertz CT molecular complexity index is 872. The minimum Gasteiger partial charge on any atom is -0.359 e. The lowest BCUT2D eigenvalue weighted by Crippen LogP contribution is -2.36. The molecule has 0 radical (unpaired) electrons. The van der Waals surface area contributed by atoms with Crippen molar-refractivity contribution in [1.29, 1.82) is 0 Å². The molecule has 3 rings (SSSR count). The van der Waals surface area contributed by atoms with Gasteiger partial charge in [-0.05, 0) is 31.0 Å². The van der Waals surface area contributed by atoms with E-state index in [0.717, 1.165) is 29.4 Å². The zero-order chi connectivity index (χ0) is 19.1. The molecule has 2 N–H and O–H groups in total. The van der Waals surface area contributed by atoms with E-state index >= 15 is 0 Å². The summed E-state index contributed by atoms with van der Waals surface area (Å²) in [4.78, 5) is 4.60. The summed E-state index contributed by atoms with van der Waals surface area (Å²) in [5.74, 6) is 1.86. The van der Waals surface area contributed by atoms with Crippen LogP contribution < -0.4 is 10.6 Å². The van der Waals surface area contributed by atoms with Crippen molar-refractivity contribution in [3.8, 4) is 5.69 Å². The largest absolute Gasteiger partial charge is 0.359 e. The van der Waals surface area contributed by atoms with Crippen LogP contribution in [0.4, 0.5) is 0 Å². The Hall–Kier alpha value is -2.36. The molecule has 0 aliphatic rings. The molecule has 7 nitrogen and oxygen atoms in total. The van der Waals surface area contributed by atoms with E-state index in [2.05, 4.69) is 39.7 Å². The first-order chi connectivity index (χ1) is 13.2. The third kappa shape index (κ3) is 6.08. The highest BCUT2D eigenvalue weighted by Crippen LogP contribution is 2.13. The van der Waals surface area contributed by atoms with Gasteiger partial charge >= 0.3 is 0 Å². The zero-order valence-electron chi connectivity index (χ0n) is 16.4. The van der Waals surface area contributed by atoms with Gasteiger partial charge in [0, 0.05) is 18.8 Å². The minimum absolute atomic E-state index is 0. The number of guanidine groups is 1. The van der Waals surface area contributed by atoms with Gasteiger partial charge in [-0.2, -0.15) is 5.10 Å². The number of hydrogen-bond acceptors (Lipinski definition) is 4. The molecular formula is C20H27IN6O. The van der Waals surface area contributed by atoms with E-state index in [1.54, 1.807) is 0 Å². The van der Waals surface area contributed by atoms with Gasteiger partial charge in [0.15, 0.2) is 11.7 Å². The Labute approximate surface area is 182 Å². The summed E-state index contributed by atoms with van der Waals surface area (Å²) in [5, 5.41) is 15.2. The van der Waals surface area contributed by atoms with Crippen molar-refractivity contribution in [2.75, 3.05) is 6.54 Å². The minimum atomic E-state index is 0. The van der Waals surface area contributed by atoms with Crippen molar-refractivity contribution in [3.63, 3.8) is 0 Å². The number of aromatic nitrogens is 3. The van der Waals surface area contributed by atoms with Crippen LogP contribution in [0.3, 0.4) is 0 Å². The summed E-state index contributed by atoms with van der Waals surface area (Å²) in [6, 6.07) is 14.0. The lowest BCUT2D eigenvalue weighted by Gasteiger charge is -2.09. The number of nitrogens with one attached hydrogen (secondary N) is 2. The van der Waals surface area contributed by atoms with Crippen LogP contribution in [0.25, 0.3) is 5.69 Å². The highest BCUT2D eigenvalue weighted by molar-refractivity contribution is 14.0. The molecule has 2 heterocycles. The maximum atomic E-state index is 5.36. The van der Waals surface area contributed by atoms with Crippen molar-refractivity contribution in [3.05, 3.63) is 65.8 Å². The van der Waals surface area contributed by atoms with Gasteiger partial charge in [-0.15, -0.1) is 24.0 Å². The number of rotatable bonds is 7. The zero-order valence-corrected chi connectivity index (χ0v) is 18.8. The molecule has 150 valence electrons. The molecule has 28 heavy (non-hydrogen) atoms. The maximum Gasteiger partial charge on any atom is 0.192 e. The summed E-state index contributed by atoms with van der Waals surface area (Å²) in [6.07, 6.45) is 1.95. The molecule has 0 saturated heterocycles. The maximum absolute atomic E-state index is 5.36. The fourth-order valence-corrected chi connectivity index (χ4v) is 2.53. The van der Waals surface area contributed by atoms with Crippen LogP contribution in [0.5, 0.6) is 0 Å². The SMILES string of the molecule is CCNC(=NCc1ccn(-c2ccccc2)n1)NCc1cc(C(C)C)no1.I. The average Bonchev–Trinajstić information content (AvgIpc) is 3.34. The van der Waals surface area contributed by atoms with Crippen LogP contribution in [-0.2, 0) is 13.1 Å². The van der Waals surface area contributed by atoms with E-state index in [4.69, 9.17) is 4.52 Å². The van der Waals surface area contributed by atoms with E-state index in [1.165, 1.54) is 0 Å². The number of para-hydroxylation sites is 1. The molecule has 1 aromatic carbocycles. The van der Waals surface area contributed by atoms with Gasteiger partial charge in [-0.3, -0.25) is 0 Å². The fourth-order valence-electron chi connectivity index (χ4n) is 2.53. The topological polar surface area (TPSA) is 80.3 Å². The third-order valence-corrected chi connectivity index (χ3v) is 4.01. The highest BCUT2D eigenvalue weighted by atomic mass is 127. The number of nitrogens with zero attached hydrogens (tertiary/aromatic N) is 4. The Balaban J connectivity index is 0.00000280. The molecule has 3 aromatic rings. The van der Waals surface area contributed by atoms with Crippen LogP contribution in [0.2, 0.25) is 0 Å². The van der Waals surface area contributed by atoms with Crippen LogP contribution in [0.1, 0.15) is 43.8 Å². The Morgan fingerprint density at radius 3 is 2.64 bits per heavy atom. The van der Waals surface area contributed by atoms with Crippen molar-refractivity contribution in [2.24, 2.45) is 4.99 Å². The van der Waals surface area contributed by atoms with Gasteiger partial charge in [-0.25, -0.2) is 9.67 Å². The smallest absolute Gasteiger partial charge is 0.192 e. The molecule has 0 unspecified atom stereocenters. The van der Waals surface area contributed by atoms with E-state index < -0.39 is 0 Å². The molecule has 0 saturated carbocycles. The lowest BCUT2D eigenvalue weighted by molar-refractivity contribution is 0.372. The summed E-state index contributed by atoms with van der Waals surface area (Å²) in [6.45, 7) is 8.02. The molecule has 0 aliphatic heterocycles. The lowest BCUT2D eigenvalue weighted by atomic mass is 10.1. The summed E-state index contributed by atoms with van der Waals surface area (Å²) < 4.78 is 7.21. The van der Waals surface area contributed by atoms with Crippen LogP contribution in [-0.4, -0.2) is 27.4 Å². The number of benzene rings is 1. The molecule has 0 amide bonds. The normalized spacial score (nSPS) is 11.4. The van der Waals surface area contributed by atoms with Gasteiger partial charge in [0.1, 0.15) is 0 Å². The summed E-state index contributed by atoms with van der Waals surface area (Å²) >= 11 is 0. The molecule has 0 fully saturated rings. The van der Waals surface area contributed by atoms with Crippen LogP contribution in [0, 0.1) is 0 Å². The second-order valence-corrected chi connectivity index (χ2v) is 6.51. The van der Waals surface area contributed by atoms with E-state index in [0.29, 0.717) is 25.0 Å². The van der Waals surface area contributed by atoms with Crippen molar-refractivity contribution in [1.82, 2.24) is 25.6 Å². The van der Waals surface area contributed by atoms with E-state index in [-0.39, 0.29) is 24.0 Å². The first-order valence-corrected chi connectivity index (χ1v) is 9.23. The van der Waals surface area contributed by atoms with Gasteiger partial charge in [0.25, 0.3) is 0 Å². The monoisotopic (exact) mass is 494 g/mol. The fraction of sp³-hybridized carbons (Fsp3) is 0.350. The summed E-state index contributed by atoms with van der Waals surface area (Å²) in [7, 11) is 0. The number of halogens is 1. The predicted molar refractivity (Wildman–Crippen MR) is 121 cm³/mol. The Morgan fingerprint density at radius 1 is 1.18 bits per heavy atom. The van der Waals surface area contributed by atoms with Gasteiger partial charge in [0.2, 0.25) is 0 Å². The van der Waals surface area contributed by atoms with Gasteiger partial charge in [0.05, 0.1) is 30.2 Å². The van der Waals surface area contributed by atoms with Gasteiger partial charge < -0.3 is 15.2 Å². The van der Waals surface area contributed by atoms with Crippen LogP contribution in [0.15, 0.2) is 58.2 Å². The number of aliphatic imine (C=N–C) groups is 1. The van der Waals surface area contributed by atoms with E-state index in [1.807, 2.05) is 60.3 Å². The van der Waals surface area contributed by atoms with Crippen molar-refractivity contribution >= 4 is 29.9 Å². The van der Waals surface area contributed by atoms with Gasteiger partial charge in [-0.1, -0.05) is 37.2 Å². The number of hydrogen-bond donors (Lipinski definition) is 2. The average molecular weight is 494 g/mol. The van der Waals surface area contributed by atoms with Crippen molar-refractivity contribution < 1.29 is 4.52 Å². The second-order valence-electron chi connectivity index (χ2n) is 6.51. The molecule has 0 bridgehead atoms. The predicted octanol–water partition coefficient (Wildman–Crippen LogP) is 3.86. The quantitative estimate of drug-likeness (QED) is 0.296. The molecule has 0 spiro atoms. The van der Waals surface area contributed by atoms with Crippen LogP contribution >= 0.6 is 24.0 Å². The second kappa shape index (κ2) is 10.8. The molecule has 0 atom stereocenters. The molecular weight excluding hydrogens is 467 g/mol. The first-order valence-electron chi connectivity index (χ1n) is 9.23. The summed E-state index contributed by atoms with van der Waals surface area (Å²) in [5.41, 5.74) is 2.89. The molecule has 8 heteroatoms. The standard InChI is InChI=1S/C20H26N6O.HI/c1-4-21-20(23-14-18-12-19(15(2)3)25-27-18)22-13-16-10-11-26(24-16)17-8-6-5-7-9-17;/h5-12,15H,4,13-14H2,1-3H3,(H2,21,22,23);1H. The first kappa shape index (κ1) is 21.9. The Kier molecular flexibility index (Phi) is 8.49. The Morgan fingerprint density at radius 2 is 1.96 bits per heavy atom. The third-order valence-electron chi connectivity index (χ3n) is 4.01. The van der Waals surface area contributed by atoms with E-state index in [9.17, 15) is 0 Å².